The van der Waals surface area contributed by atoms with Crippen LogP contribution >= 0.6 is 0 Å². The molecule has 3 aliphatic rings. The van der Waals surface area contributed by atoms with Gasteiger partial charge in [0.25, 0.3) is 0 Å². The van der Waals surface area contributed by atoms with Crippen LogP contribution < -0.4 is 10.2 Å². The van der Waals surface area contributed by atoms with Crippen molar-refractivity contribution in [3.05, 3.63) is 47.9 Å². The quantitative estimate of drug-likeness (QED) is 0.713. The van der Waals surface area contributed by atoms with Crippen molar-refractivity contribution in [3.63, 3.8) is 0 Å². The molecular formula is C23H24N6O. The van der Waals surface area contributed by atoms with Crippen molar-refractivity contribution in [1.29, 1.82) is 0 Å². The van der Waals surface area contributed by atoms with E-state index in [0.717, 1.165) is 29.3 Å². The number of rotatable bonds is 4. The highest BCUT2D eigenvalue weighted by Gasteiger charge is 2.52. The first kappa shape index (κ1) is 17.6. The van der Waals surface area contributed by atoms with E-state index in [4.69, 9.17) is 4.98 Å². The Balaban J connectivity index is 1.41. The molecule has 0 saturated heterocycles. The molecular weight excluding hydrogens is 376 g/mol. The third-order valence-corrected chi connectivity index (χ3v) is 6.41. The maximum Gasteiger partial charge on any atom is 0.222 e. The van der Waals surface area contributed by atoms with Gasteiger partial charge in [0, 0.05) is 48.5 Å². The zero-order valence-corrected chi connectivity index (χ0v) is 17.2. The van der Waals surface area contributed by atoms with Crippen molar-refractivity contribution < 1.29 is 4.79 Å². The minimum Gasteiger partial charge on any atom is -0.325 e. The molecule has 0 aromatic carbocycles. The molecule has 2 saturated carbocycles. The molecule has 7 nitrogen and oxygen atoms in total. The molecule has 3 aromatic rings. The van der Waals surface area contributed by atoms with Gasteiger partial charge in [-0.1, -0.05) is 0 Å². The van der Waals surface area contributed by atoms with Crippen LogP contribution in [0.4, 0.5) is 17.3 Å². The van der Waals surface area contributed by atoms with Crippen molar-refractivity contribution in [3.8, 4) is 11.3 Å². The maximum absolute atomic E-state index is 11.5. The number of pyridine rings is 2. The third-order valence-electron chi connectivity index (χ3n) is 6.41. The standard InChI is InChI=1S/C23H24N6O/c1-14-7-19(16-10-25-29(12-16)17-3-4-17)27-22(8-14)28-13-23(5-6-23)18-11-24-21(9-20(18)28)26-15(2)30/h7-12,17H,3-6,13H2,1-2H3,(H,24,26,30). The number of anilines is 3. The third kappa shape index (κ3) is 2.88. The maximum atomic E-state index is 11.5. The van der Waals surface area contributed by atoms with Gasteiger partial charge in [-0.05, 0) is 50.3 Å². The van der Waals surface area contributed by atoms with E-state index in [1.54, 1.807) is 0 Å². The van der Waals surface area contributed by atoms with Gasteiger partial charge in [-0.25, -0.2) is 9.97 Å². The molecule has 6 rings (SSSR count). The summed E-state index contributed by atoms with van der Waals surface area (Å²) in [5.74, 6) is 1.41. The van der Waals surface area contributed by atoms with Gasteiger partial charge in [-0.15, -0.1) is 0 Å². The average Bonchev–Trinajstić information content (AvgIpc) is 3.62. The zero-order valence-electron chi connectivity index (χ0n) is 17.2. The van der Waals surface area contributed by atoms with E-state index in [2.05, 4.69) is 50.2 Å². The number of aryl methyl sites for hydroxylation is 1. The van der Waals surface area contributed by atoms with Crippen LogP contribution in [0.1, 0.15) is 49.8 Å². The van der Waals surface area contributed by atoms with Gasteiger partial charge in [0.1, 0.15) is 11.6 Å². The van der Waals surface area contributed by atoms with Crippen molar-refractivity contribution in [2.24, 2.45) is 0 Å². The molecule has 7 heteroatoms. The minimum atomic E-state index is -0.114. The Morgan fingerprint density at radius 2 is 2.03 bits per heavy atom. The number of nitrogens with one attached hydrogen (secondary N) is 1. The number of hydrogen-bond acceptors (Lipinski definition) is 5. The Bertz CT molecular complexity index is 1170. The van der Waals surface area contributed by atoms with Crippen LogP contribution in [-0.4, -0.2) is 32.2 Å². The molecule has 30 heavy (non-hydrogen) atoms. The Labute approximate surface area is 175 Å². The van der Waals surface area contributed by atoms with Crippen LogP contribution in [0.2, 0.25) is 0 Å². The Kier molecular flexibility index (Phi) is 3.61. The number of hydrogen-bond donors (Lipinski definition) is 1. The van der Waals surface area contributed by atoms with E-state index in [1.807, 2.05) is 18.5 Å². The molecule has 1 N–H and O–H groups in total. The van der Waals surface area contributed by atoms with Gasteiger partial charge in [0.15, 0.2) is 0 Å². The SMILES string of the molecule is CC(=O)Nc1cc2c(cn1)C1(CC1)CN2c1cc(C)cc(-c2cnn(C3CC3)c2)n1. The molecule has 0 unspecified atom stereocenters. The van der Waals surface area contributed by atoms with Crippen LogP contribution in [-0.2, 0) is 10.2 Å². The summed E-state index contributed by atoms with van der Waals surface area (Å²) in [7, 11) is 0. The fraction of sp³-hybridized carbons (Fsp3) is 0.391. The van der Waals surface area contributed by atoms with Gasteiger partial charge < -0.3 is 10.2 Å². The molecule has 0 radical (unpaired) electrons. The summed E-state index contributed by atoms with van der Waals surface area (Å²) in [4.78, 5) is 23.3. The molecule has 1 amide bonds. The second-order valence-corrected chi connectivity index (χ2v) is 8.96. The summed E-state index contributed by atoms with van der Waals surface area (Å²) in [6.45, 7) is 4.52. The minimum absolute atomic E-state index is 0.114. The van der Waals surface area contributed by atoms with Crippen molar-refractivity contribution in [2.45, 2.75) is 51.0 Å². The van der Waals surface area contributed by atoms with E-state index in [1.165, 1.54) is 43.7 Å². The lowest BCUT2D eigenvalue weighted by Crippen LogP contribution is -2.20. The molecule has 3 aromatic heterocycles. The van der Waals surface area contributed by atoms with Crippen molar-refractivity contribution in [1.82, 2.24) is 19.7 Å². The van der Waals surface area contributed by atoms with Crippen LogP contribution in [0, 0.1) is 6.92 Å². The normalized spacial score (nSPS) is 18.5. The molecule has 1 aliphatic heterocycles. The monoisotopic (exact) mass is 400 g/mol. The van der Waals surface area contributed by atoms with E-state index in [9.17, 15) is 4.79 Å². The first-order valence-electron chi connectivity index (χ1n) is 10.6. The lowest BCUT2D eigenvalue weighted by Gasteiger charge is -2.20. The molecule has 0 bridgehead atoms. The summed E-state index contributed by atoms with van der Waals surface area (Å²) in [5, 5.41) is 7.35. The number of nitrogens with zero attached hydrogens (tertiary/aromatic N) is 5. The largest absolute Gasteiger partial charge is 0.325 e. The lowest BCUT2D eigenvalue weighted by molar-refractivity contribution is -0.114. The Morgan fingerprint density at radius 1 is 1.20 bits per heavy atom. The molecule has 1 spiro atoms. The summed E-state index contributed by atoms with van der Waals surface area (Å²) >= 11 is 0. The molecule has 0 atom stereocenters. The van der Waals surface area contributed by atoms with Gasteiger partial charge in [-0.3, -0.25) is 9.48 Å². The Hall–Kier alpha value is -3.22. The van der Waals surface area contributed by atoms with Gasteiger partial charge >= 0.3 is 0 Å². The molecule has 152 valence electrons. The molecule has 2 fully saturated rings. The fourth-order valence-electron chi connectivity index (χ4n) is 4.53. The number of amides is 1. The highest BCUT2D eigenvalue weighted by molar-refractivity contribution is 5.89. The van der Waals surface area contributed by atoms with Gasteiger partial charge in [0.2, 0.25) is 5.91 Å². The predicted molar refractivity (Wildman–Crippen MR) is 115 cm³/mol. The topological polar surface area (TPSA) is 75.9 Å². The summed E-state index contributed by atoms with van der Waals surface area (Å²) < 4.78 is 2.06. The number of carbonyl (C=O) groups is 1. The first-order valence-corrected chi connectivity index (χ1v) is 10.6. The van der Waals surface area contributed by atoms with Crippen molar-refractivity contribution in [2.75, 3.05) is 16.8 Å². The second-order valence-electron chi connectivity index (χ2n) is 8.96. The number of fused-ring (bicyclic) bond motifs is 2. The van der Waals surface area contributed by atoms with Crippen LogP contribution in [0.25, 0.3) is 11.3 Å². The number of aromatic nitrogens is 4. The average molecular weight is 400 g/mol. The van der Waals surface area contributed by atoms with E-state index >= 15 is 0 Å². The van der Waals surface area contributed by atoms with Gasteiger partial charge in [0.05, 0.1) is 23.6 Å². The van der Waals surface area contributed by atoms with Crippen LogP contribution in [0.3, 0.4) is 0 Å². The summed E-state index contributed by atoms with van der Waals surface area (Å²) in [6.07, 6.45) is 10.7. The zero-order chi connectivity index (χ0) is 20.5. The smallest absolute Gasteiger partial charge is 0.222 e. The molecule has 2 aliphatic carbocycles. The first-order chi connectivity index (χ1) is 14.5. The highest BCUT2D eigenvalue weighted by Crippen LogP contribution is 2.58. The van der Waals surface area contributed by atoms with E-state index in [0.29, 0.717) is 11.9 Å². The van der Waals surface area contributed by atoms with E-state index < -0.39 is 0 Å². The van der Waals surface area contributed by atoms with Gasteiger partial charge in [-0.2, -0.15) is 5.10 Å². The Morgan fingerprint density at radius 3 is 2.77 bits per heavy atom. The van der Waals surface area contributed by atoms with Crippen molar-refractivity contribution >= 4 is 23.2 Å². The molecule has 4 heterocycles. The highest BCUT2D eigenvalue weighted by atomic mass is 16.1. The lowest BCUT2D eigenvalue weighted by atomic mass is 10.0. The predicted octanol–water partition coefficient (Wildman–Crippen LogP) is 4.13. The second kappa shape index (κ2) is 6.14. The van der Waals surface area contributed by atoms with E-state index in [-0.39, 0.29) is 11.3 Å². The van der Waals surface area contributed by atoms with Crippen LogP contribution in [0.5, 0.6) is 0 Å². The van der Waals surface area contributed by atoms with Crippen LogP contribution in [0.15, 0.2) is 36.8 Å². The fourth-order valence-corrected chi connectivity index (χ4v) is 4.53. The summed E-state index contributed by atoms with van der Waals surface area (Å²) in [6, 6.07) is 6.80. The number of carbonyl (C=O) groups excluding carboxylic acids is 1. The summed E-state index contributed by atoms with van der Waals surface area (Å²) in [5.41, 5.74) is 5.72.